The summed E-state index contributed by atoms with van der Waals surface area (Å²) >= 11 is 0. The Bertz CT molecular complexity index is 1210. The summed E-state index contributed by atoms with van der Waals surface area (Å²) in [5.41, 5.74) is 2.18. The van der Waals surface area contributed by atoms with Crippen molar-refractivity contribution in [3.05, 3.63) is 83.4 Å². The van der Waals surface area contributed by atoms with Crippen LogP contribution in [0.5, 0.6) is 17.2 Å². The molecule has 3 N–H and O–H groups in total. The number of hydrogen-bond acceptors (Lipinski definition) is 6. The molecule has 35 heavy (non-hydrogen) atoms. The molecule has 0 radical (unpaired) electrons. The summed E-state index contributed by atoms with van der Waals surface area (Å²) in [7, 11) is 4.53. The van der Waals surface area contributed by atoms with Gasteiger partial charge in [0, 0.05) is 24.7 Å². The van der Waals surface area contributed by atoms with Gasteiger partial charge in [0.1, 0.15) is 5.75 Å². The van der Waals surface area contributed by atoms with Crippen LogP contribution < -0.4 is 30.2 Å². The summed E-state index contributed by atoms with van der Waals surface area (Å²) in [6, 6.07) is 18.7. The number of benzene rings is 3. The molecule has 3 rings (SSSR count). The van der Waals surface area contributed by atoms with Gasteiger partial charge >= 0.3 is 0 Å². The van der Waals surface area contributed by atoms with Crippen molar-refractivity contribution in [3.63, 3.8) is 0 Å². The smallest absolute Gasteiger partial charge is 0.262 e. The fraction of sp³-hybridized carbons (Fsp3) is 0.192. The van der Waals surface area contributed by atoms with E-state index < -0.39 is 0 Å². The number of carbonyl (C=O) groups excluding carboxylic acids is 3. The summed E-state index contributed by atoms with van der Waals surface area (Å²) in [5, 5.41) is 8.11. The van der Waals surface area contributed by atoms with Crippen molar-refractivity contribution in [2.75, 3.05) is 33.2 Å². The fourth-order valence-electron chi connectivity index (χ4n) is 3.26. The number of anilines is 1. The van der Waals surface area contributed by atoms with Gasteiger partial charge in [-0.15, -0.1) is 0 Å². The SMILES string of the molecule is CNC(=O)c1cccc(CNC(=O)c2ccc(OCC(=O)Nc3ccccc3OC)c(OC)c2)c1. The number of rotatable bonds is 10. The van der Waals surface area contributed by atoms with Gasteiger partial charge < -0.3 is 30.2 Å². The fourth-order valence-corrected chi connectivity index (χ4v) is 3.26. The van der Waals surface area contributed by atoms with Crippen LogP contribution in [0.1, 0.15) is 26.3 Å². The van der Waals surface area contributed by atoms with Gasteiger partial charge in [-0.3, -0.25) is 14.4 Å². The molecular weight excluding hydrogens is 450 g/mol. The van der Waals surface area contributed by atoms with Crippen LogP contribution in [0.15, 0.2) is 66.7 Å². The van der Waals surface area contributed by atoms with E-state index in [4.69, 9.17) is 14.2 Å². The van der Waals surface area contributed by atoms with Crippen LogP contribution in [0.3, 0.4) is 0 Å². The van der Waals surface area contributed by atoms with Crippen molar-refractivity contribution in [2.45, 2.75) is 6.54 Å². The number of hydrogen-bond donors (Lipinski definition) is 3. The van der Waals surface area contributed by atoms with Gasteiger partial charge in [-0.1, -0.05) is 24.3 Å². The predicted molar refractivity (Wildman–Crippen MR) is 131 cm³/mol. The van der Waals surface area contributed by atoms with Gasteiger partial charge in [-0.25, -0.2) is 0 Å². The molecule has 0 aliphatic rings. The second-order valence-electron chi connectivity index (χ2n) is 7.36. The maximum absolute atomic E-state index is 12.6. The van der Waals surface area contributed by atoms with E-state index >= 15 is 0 Å². The molecule has 0 aliphatic carbocycles. The van der Waals surface area contributed by atoms with Crippen molar-refractivity contribution in [1.82, 2.24) is 10.6 Å². The maximum Gasteiger partial charge on any atom is 0.262 e. The Morgan fingerprint density at radius 2 is 1.51 bits per heavy atom. The second kappa shape index (κ2) is 12.1. The largest absolute Gasteiger partial charge is 0.495 e. The molecule has 0 heterocycles. The van der Waals surface area contributed by atoms with Crippen LogP contribution in [-0.2, 0) is 11.3 Å². The summed E-state index contributed by atoms with van der Waals surface area (Å²) in [6.45, 7) is -0.0189. The predicted octanol–water partition coefficient (Wildman–Crippen LogP) is 3.01. The highest BCUT2D eigenvalue weighted by atomic mass is 16.5. The minimum absolute atomic E-state index is 0.199. The van der Waals surface area contributed by atoms with Crippen LogP contribution >= 0.6 is 0 Å². The zero-order chi connectivity index (χ0) is 25.2. The summed E-state index contributed by atoms with van der Waals surface area (Å²) in [5.74, 6) is 0.262. The number of carbonyl (C=O) groups is 3. The first-order valence-corrected chi connectivity index (χ1v) is 10.8. The molecule has 0 spiro atoms. The van der Waals surface area contributed by atoms with Gasteiger partial charge in [-0.2, -0.15) is 0 Å². The molecule has 0 saturated heterocycles. The molecule has 0 fully saturated rings. The minimum Gasteiger partial charge on any atom is -0.495 e. The summed E-state index contributed by atoms with van der Waals surface area (Å²) < 4.78 is 16.2. The van der Waals surface area contributed by atoms with Crippen LogP contribution in [0.25, 0.3) is 0 Å². The van der Waals surface area contributed by atoms with Crippen molar-refractivity contribution in [2.24, 2.45) is 0 Å². The van der Waals surface area contributed by atoms with Gasteiger partial charge in [0.25, 0.3) is 17.7 Å². The first kappa shape index (κ1) is 25.1. The molecule has 9 nitrogen and oxygen atoms in total. The Balaban J connectivity index is 1.59. The summed E-state index contributed by atoms with van der Waals surface area (Å²) in [4.78, 5) is 36.7. The van der Waals surface area contributed by atoms with Gasteiger partial charge in [0.2, 0.25) is 0 Å². The Morgan fingerprint density at radius 3 is 2.26 bits per heavy atom. The van der Waals surface area contributed by atoms with Crippen LogP contribution in [0.2, 0.25) is 0 Å². The molecule has 182 valence electrons. The van der Waals surface area contributed by atoms with Crippen LogP contribution in [0, 0.1) is 0 Å². The Hall–Kier alpha value is -4.53. The van der Waals surface area contributed by atoms with Gasteiger partial charge in [-0.05, 0) is 48.0 Å². The van der Waals surface area contributed by atoms with Gasteiger partial charge in [0.15, 0.2) is 18.1 Å². The second-order valence-corrected chi connectivity index (χ2v) is 7.36. The van der Waals surface area contributed by atoms with E-state index in [9.17, 15) is 14.4 Å². The average Bonchev–Trinajstić information content (AvgIpc) is 2.90. The van der Waals surface area contributed by atoms with Crippen molar-refractivity contribution in [3.8, 4) is 17.2 Å². The molecular formula is C26H27N3O6. The normalized spacial score (nSPS) is 10.1. The Morgan fingerprint density at radius 1 is 0.771 bits per heavy atom. The molecule has 3 amide bonds. The number of methoxy groups -OCH3 is 2. The topological polar surface area (TPSA) is 115 Å². The monoisotopic (exact) mass is 477 g/mol. The lowest BCUT2D eigenvalue weighted by molar-refractivity contribution is -0.118. The number of amides is 3. The van der Waals surface area contributed by atoms with E-state index in [1.165, 1.54) is 20.3 Å². The first-order valence-electron chi connectivity index (χ1n) is 10.8. The van der Waals surface area contributed by atoms with E-state index in [2.05, 4.69) is 16.0 Å². The number of para-hydroxylation sites is 2. The molecule has 0 atom stereocenters. The third-order valence-corrected chi connectivity index (χ3v) is 5.03. The van der Waals surface area contributed by atoms with Crippen molar-refractivity contribution < 1.29 is 28.6 Å². The highest BCUT2D eigenvalue weighted by molar-refractivity contribution is 5.96. The molecule has 0 aromatic heterocycles. The lowest BCUT2D eigenvalue weighted by Crippen LogP contribution is -2.23. The molecule has 0 bridgehead atoms. The molecule has 3 aromatic carbocycles. The maximum atomic E-state index is 12.6. The number of nitrogens with one attached hydrogen (secondary N) is 3. The minimum atomic E-state index is -0.377. The highest BCUT2D eigenvalue weighted by Gasteiger charge is 2.14. The zero-order valence-corrected chi connectivity index (χ0v) is 19.7. The lowest BCUT2D eigenvalue weighted by atomic mass is 10.1. The molecule has 0 aliphatic heterocycles. The zero-order valence-electron chi connectivity index (χ0n) is 19.7. The van der Waals surface area contributed by atoms with E-state index in [1.54, 1.807) is 61.6 Å². The highest BCUT2D eigenvalue weighted by Crippen LogP contribution is 2.28. The molecule has 0 unspecified atom stereocenters. The van der Waals surface area contributed by atoms with Gasteiger partial charge in [0.05, 0.1) is 19.9 Å². The standard InChI is InChI=1S/C26H27N3O6/c1-27-25(31)18-8-6-7-17(13-18)15-28-26(32)19-11-12-22(23(14-19)34-3)35-16-24(30)29-20-9-4-5-10-21(20)33-2/h4-14H,15-16H2,1-3H3,(H,27,31)(H,28,32)(H,29,30). The average molecular weight is 478 g/mol. The molecule has 3 aromatic rings. The van der Waals surface area contributed by atoms with E-state index in [1.807, 2.05) is 6.07 Å². The number of ether oxygens (including phenoxy) is 3. The quantitative estimate of drug-likeness (QED) is 0.414. The molecule has 9 heteroatoms. The van der Waals surface area contributed by atoms with E-state index in [0.717, 1.165) is 5.56 Å². The van der Waals surface area contributed by atoms with E-state index in [-0.39, 0.29) is 30.9 Å². The lowest BCUT2D eigenvalue weighted by Gasteiger charge is -2.13. The van der Waals surface area contributed by atoms with Crippen LogP contribution in [0.4, 0.5) is 5.69 Å². The third-order valence-electron chi connectivity index (χ3n) is 5.03. The van der Waals surface area contributed by atoms with Crippen molar-refractivity contribution in [1.29, 1.82) is 0 Å². The Kier molecular flexibility index (Phi) is 8.66. The molecule has 0 saturated carbocycles. The first-order chi connectivity index (χ1) is 16.9. The summed E-state index contributed by atoms with van der Waals surface area (Å²) in [6.07, 6.45) is 0. The van der Waals surface area contributed by atoms with Crippen molar-refractivity contribution >= 4 is 23.4 Å². The third kappa shape index (κ3) is 6.73. The van der Waals surface area contributed by atoms with Crippen LogP contribution in [-0.4, -0.2) is 45.6 Å². The van der Waals surface area contributed by atoms with E-state index in [0.29, 0.717) is 34.1 Å². The Labute approximate surface area is 203 Å².